The molecule has 0 spiro atoms. The van der Waals surface area contributed by atoms with E-state index in [-0.39, 0.29) is 11.1 Å². The molecule has 0 saturated heterocycles. The van der Waals surface area contributed by atoms with Crippen LogP contribution >= 0.6 is 0 Å². The molecule has 20 heavy (non-hydrogen) atoms. The molecule has 0 aromatic heterocycles. The Hall–Kier alpha value is -2.23. The quantitative estimate of drug-likeness (QED) is 0.670. The third-order valence-electron chi connectivity index (χ3n) is 3.35. The molecule has 2 nitrogen and oxygen atoms in total. The van der Waals surface area contributed by atoms with Gasteiger partial charge < -0.3 is 5.73 Å². The number of nitrogen functional groups attached to an aromatic ring is 1. The standard InChI is InChI=1S/C16H15F2NO/c1-8-4-10(3)15(19)6-11(8)16(20)12-5-9(2)13(17)7-14(12)18/h4-7H,19H2,1-3H3. The second-order valence-corrected chi connectivity index (χ2v) is 4.93. The average Bonchev–Trinajstić information content (AvgIpc) is 2.37. The minimum atomic E-state index is -0.864. The molecule has 0 bridgehead atoms. The zero-order chi connectivity index (χ0) is 15.0. The molecule has 0 atom stereocenters. The SMILES string of the molecule is Cc1cc(C)c(C(=O)c2cc(C)c(F)cc2F)cc1N. The fourth-order valence-electron chi connectivity index (χ4n) is 2.09. The maximum absolute atomic E-state index is 13.8. The summed E-state index contributed by atoms with van der Waals surface area (Å²) in [5, 5.41) is 0. The number of hydrogen-bond acceptors (Lipinski definition) is 2. The van der Waals surface area contributed by atoms with Crippen LogP contribution in [0.25, 0.3) is 0 Å². The van der Waals surface area contributed by atoms with Crippen molar-refractivity contribution in [2.24, 2.45) is 0 Å². The zero-order valence-corrected chi connectivity index (χ0v) is 11.6. The van der Waals surface area contributed by atoms with Crippen LogP contribution in [-0.2, 0) is 0 Å². The van der Waals surface area contributed by atoms with Crippen LogP contribution < -0.4 is 5.73 Å². The highest BCUT2D eigenvalue weighted by atomic mass is 19.1. The molecule has 2 N–H and O–H groups in total. The molecule has 0 amide bonds. The van der Waals surface area contributed by atoms with Gasteiger partial charge >= 0.3 is 0 Å². The highest BCUT2D eigenvalue weighted by Crippen LogP contribution is 2.23. The topological polar surface area (TPSA) is 43.1 Å². The molecule has 2 rings (SSSR count). The lowest BCUT2D eigenvalue weighted by molar-refractivity contribution is 0.103. The van der Waals surface area contributed by atoms with E-state index in [2.05, 4.69) is 0 Å². The number of nitrogens with two attached hydrogens (primary N) is 1. The number of anilines is 1. The molecule has 104 valence electrons. The molecule has 0 radical (unpaired) electrons. The summed E-state index contributed by atoms with van der Waals surface area (Å²) in [6.45, 7) is 5.08. The maximum Gasteiger partial charge on any atom is 0.196 e. The molecule has 2 aromatic carbocycles. The molecular weight excluding hydrogens is 260 g/mol. The number of carbonyl (C=O) groups is 1. The number of aryl methyl sites for hydroxylation is 3. The maximum atomic E-state index is 13.8. The van der Waals surface area contributed by atoms with Crippen molar-refractivity contribution in [3.63, 3.8) is 0 Å². The van der Waals surface area contributed by atoms with E-state index in [0.29, 0.717) is 16.8 Å². The molecule has 0 heterocycles. The zero-order valence-electron chi connectivity index (χ0n) is 11.6. The van der Waals surface area contributed by atoms with E-state index in [0.717, 1.165) is 11.6 Å². The molecule has 0 aliphatic heterocycles. The van der Waals surface area contributed by atoms with Crippen molar-refractivity contribution in [2.45, 2.75) is 20.8 Å². The van der Waals surface area contributed by atoms with Crippen LogP contribution in [0.1, 0.15) is 32.6 Å². The Morgan fingerprint density at radius 3 is 2.15 bits per heavy atom. The number of carbonyl (C=O) groups excluding carboxylic acids is 1. The summed E-state index contributed by atoms with van der Waals surface area (Å²) in [5.41, 5.74) is 8.25. The Balaban J connectivity index is 2.57. The van der Waals surface area contributed by atoms with Crippen LogP contribution in [0, 0.1) is 32.4 Å². The van der Waals surface area contributed by atoms with E-state index < -0.39 is 17.4 Å². The Morgan fingerprint density at radius 2 is 1.50 bits per heavy atom. The average molecular weight is 275 g/mol. The van der Waals surface area contributed by atoms with Gasteiger partial charge in [-0.3, -0.25) is 4.79 Å². The van der Waals surface area contributed by atoms with E-state index in [1.165, 1.54) is 19.1 Å². The van der Waals surface area contributed by atoms with Gasteiger partial charge in [-0.15, -0.1) is 0 Å². The minimum absolute atomic E-state index is 0.143. The van der Waals surface area contributed by atoms with Gasteiger partial charge in [0.25, 0.3) is 0 Å². The molecule has 0 aliphatic rings. The summed E-state index contributed by atoms with van der Waals surface area (Å²) in [5.74, 6) is -2.02. The lowest BCUT2D eigenvalue weighted by atomic mass is 9.95. The van der Waals surface area contributed by atoms with Gasteiger partial charge in [-0.05, 0) is 49.6 Å². The van der Waals surface area contributed by atoms with Crippen LogP contribution in [0.4, 0.5) is 14.5 Å². The number of ketones is 1. The first-order chi connectivity index (χ1) is 9.31. The number of hydrogen-bond donors (Lipinski definition) is 1. The van der Waals surface area contributed by atoms with Gasteiger partial charge in [-0.1, -0.05) is 6.07 Å². The summed E-state index contributed by atoms with van der Waals surface area (Å²) >= 11 is 0. The van der Waals surface area contributed by atoms with Gasteiger partial charge in [0.05, 0.1) is 5.56 Å². The number of halogens is 2. The summed E-state index contributed by atoms with van der Waals surface area (Å²) in [6.07, 6.45) is 0. The predicted molar refractivity (Wildman–Crippen MR) is 74.9 cm³/mol. The van der Waals surface area contributed by atoms with Crippen molar-refractivity contribution >= 4 is 11.5 Å². The highest BCUT2D eigenvalue weighted by molar-refractivity contribution is 6.10. The second-order valence-electron chi connectivity index (χ2n) is 4.93. The number of rotatable bonds is 2. The number of benzene rings is 2. The van der Waals surface area contributed by atoms with Crippen molar-refractivity contribution in [3.8, 4) is 0 Å². The summed E-state index contributed by atoms with van der Waals surface area (Å²) in [6, 6.07) is 5.26. The van der Waals surface area contributed by atoms with E-state index in [9.17, 15) is 13.6 Å². The van der Waals surface area contributed by atoms with Crippen molar-refractivity contribution in [1.82, 2.24) is 0 Å². The van der Waals surface area contributed by atoms with Crippen molar-refractivity contribution < 1.29 is 13.6 Å². The van der Waals surface area contributed by atoms with Crippen molar-refractivity contribution in [2.75, 3.05) is 5.73 Å². The monoisotopic (exact) mass is 275 g/mol. The molecule has 4 heteroatoms. The molecular formula is C16H15F2NO. The van der Waals surface area contributed by atoms with Gasteiger partial charge in [-0.2, -0.15) is 0 Å². The van der Waals surface area contributed by atoms with Gasteiger partial charge in [0, 0.05) is 17.3 Å². The third kappa shape index (κ3) is 2.41. The van der Waals surface area contributed by atoms with Crippen LogP contribution in [-0.4, -0.2) is 5.78 Å². The fourth-order valence-corrected chi connectivity index (χ4v) is 2.09. The lowest BCUT2D eigenvalue weighted by Crippen LogP contribution is -2.09. The predicted octanol–water partition coefficient (Wildman–Crippen LogP) is 3.70. The smallest absolute Gasteiger partial charge is 0.196 e. The largest absolute Gasteiger partial charge is 0.398 e. The summed E-state index contributed by atoms with van der Waals surface area (Å²) < 4.78 is 27.0. The van der Waals surface area contributed by atoms with Gasteiger partial charge in [0.2, 0.25) is 0 Å². The Labute approximate surface area is 116 Å². The third-order valence-corrected chi connectivity index (χ3v) is 3.35. The molecule has 0 unspecified atom stereocenters. The molecule has 0 saturated carbocycles. The molecule has 2 aromatic rings. The first kappa shape index (κ1) is 14.2. The first-order valence-corrected chi connectivity index (χ1v) is 6.18. The normalized spacial score (nSPS) is 10.7. The van der Waals surface area contributed by atoms with Crippen LogP contribution in [0.2, 0.25) is 0 Å². The van der Waals surface area contributed by atoms with Gasteiger partial charge in [0.15, 0.2) is 5.78 Å². The van der Waals surface area contributed by atoms with Gasteiger partial charge in [0.1, 0.15) is 11.6 Å². The summed E-state index contributed by atoms with van der Waals surface area (Å²) in [7, 11) is 0. The van der Waals surface area contributed by atoms with E-state index in [1.54, 1.807) is 13.0 Å². The highest BCUT2D eigenvalue weighted by Gasteiger charge is 2.18. The van der Waals surface area contributed by atoms with Crippen molar-refractivity contribution in [1.29, 1.82) is 0 Å². The van der Waals surface area contributed by atoms with Crippen molar-refractivity contribution in [3.05, 3.63) is 63.7 Å². The minimum Gasteiger partial charge on any atom is -0.398 e. The summed E-state index contributed by atoms with van der Waals surface area (Å²) in [4.78, 5) is 12.4. The Kier molecular flexibility index (Phi) is 3.57. The lowest BCUT2D eigenvalue weighted by Gasteiger charge is -2.10. The molecule has 0 aliphatic carbocycles. The second kappa shape index (κ2) is 5.04. The fraction of sp³-hybridized carbons (Fsp3) is 0.188. The Morgan fingerprint density at radius 1 is 0.850 bits per heavy atom. The van der Waals surface area contributed by atoms with E-state index >= 15 is 0 Å². The molecule has 0 fully saturated rings. The van der Waals surface area contributed by atoms with E-state index in [4.69, 9.17) is 5.73 Å². The first-order valence-electron chi connectivity index (χ1n) is 6.18. The van der Waals surface area contributed by atoms with Crippen LogP contribution in [0.15, 0.2) is 24.3 Å². The van der Waals surface area contributed by atoms with Crippen LogP contribution in [0.5, 0.6) is 0 Å². The van der Waals surface area contributed by atoms with E-state index in [1.807, 2.05) is 6.92 Å². The van der Waals surface area contributed by atoms with Gasteiger partial charge in [-0.25, -0.2) is 8.78 Å². The van der Waals surface area contributed by atoms with Crippen LogP contribution in [0.3, 0.4) is 0 Å². The Bertz CT molecular complexity index is 649.